The Kier molecular flexibility index (Phi) is 5.39. The van der Waals surface area contributed by atoms with Crippen LogP contribution in [-0.2, 0) is 0 Å². The van der Waals surface area contributed by atoms with Crippen LogP contribution in [0.3, 0.4) is 0 Å². The van der Waals surface area contributed by atoms with Gasteiger partial charge in [-0.1, -0.05) is 48.6 Å². The second-order valence-corrected chi connectivity index (χ2v) is 6.07. The van der Waals surface area contributed by atoms with Crippen LogP contribution in [0, 0.1) is 0 Å². The molecule has 0 aliphatic heterocycles. The van der Waals surface area contributed by atoms with Gasteiger partial charge in [0.1, 0.15) is 11.5 Å². The van der Waals surface area contributed by atoms with Gasteiger partial charge in [0, 0.05) is 30.2 Å². The van der Waals surface area contributed by atoms with Crippen LogP contribution in [0.4, 0.5) is 17.3 Å². The molecule has 3 rings (SSSR count). The minimum absolute atomic E-state index is 0.670. The van der Waals surface area contributed by atoms with Crippen molar-refractivity contribution in [3.8, 4) is 0 Å². The van der Waals surface area contributed by atoms with Crippen molar-refractivity contribution in [2.45, 2.75) is 6.92 Å². The summed E-state index contributed by atoms with van der Waals surface area (Å²) in [5, 5.41) is 7.19. The molecule has 0 bridgehead atoms. The smallest absolute Gasteiger partial charge is 0.182 e. The van der Waals surface area contributed by atoms with E-state index in [4.69, 9.17) is 16.6 Å². The fourth-order valence-electron chi connectivity index (χ4n) is 2.61. The Morgan fingerprint density at radius 1 is 1.31 bits per heavy atom. The van der Waals surface area contributed by atoms with Crippen molar-refractivity contribution in [1.82, 2.24) is 14.4 Å². The van der Waals surface area contributed by atoms with E-state index in [1.165, 1.54) is 0 Å². The lowest BCUT2D eigenvalue weighted by molar-refractivity contribution is 1.12. The van der Waals surface area contributed by atoms with E-state index in [1.54, 1.807) is 12.3 Å². The van der Waals surface area contributed by atoms with Crippen LogP contribution in [0.2, 0.25) is 5.02 Å². The largest absolute Gasteiger partial charge is 0.370 e. The van der Waals surface area contributed by atoms with Gasteiger partial charge >= 0.3 is 0 Å². The topological polar surface area (TPSA) is 54.2 Å². The summed E-state index contributed by atoms with van der Waals surface area (Å²) in [4.78, 5) is 9.14. The van der Waals surface area contributed by atoms with Gasteiger partial charge in [0.15, 0.2) is 11.5 Å². The highest BCUT2D eigenvalue weighted by molar-refractivity contribution is 6.30. The van der Waals surface area contributed by atoms with Gasteiger partial charge in [-0.2, -0.15) is 0 Å². The molecule has 0 spiro atoms. The molecule has 0 aliphatic rings. The first-order valence-electron chi connectivity index (χ1n) is 8.18. The van der Waals surface area contributed by atoms with E-state index in [9.17, 15) is 0 Å². The summed E-state index contributed by atoms with van der Waals surface area (Å²) in [6.45, 7) is 5.71. The van der Waals surface area contributed by atoms with Gasteiger partial charge < -0.3 is 10.6 Å². The SMILES string of the molecule is C=C/C=C\C=C(/C)c1nc2c(NC)nccn2c1Nc1cccc(Cl)c1. The third kappa shape index (κ3) is 3.63. The van der Waals surface area contributed by atoms with Crippen LogP contribution in [0.25, 0.3) is 11.2 Å². The molecule has 0 aliphatic carbocycles. The third-order valence-corrected chi connectivity index (χ3v) is 4.07. The normalized spacial score (nSPS) is 11.9. The number of fused-ring (bicyclic) bond motifs is 1. The number of aromatic nitrogens is 3. The Labute approximate surface area is 157 Å². The molecule has 3 aromatic rings. The number of imidazole rings is 1. The lowest BCUT2D eigenvalue weighted by Crippen LogP contribution is -2.00. The zero-order valence-corrected chi connectivity index (χ0v) is 15.5. The average Bonchev–Trinajstić information content (AvgIpc) is 3.00. The van der Waals surface area contributed by atoms with Gasteiger partial charge in [-0.25, -0.2) is 9.97 Å². The predicted octanol–water partition coefficient (Wildman–Crippen LogP) is 5.31. The van der Waals surface area contributed by atoms with E-state index >= 15 is 0 Å². The predicted molar refractivity (Wildman–Crippen MR) is 110 cm³/mol. The Bertz CT molecular complexity index is 1000. The van der Waals surface area contributed by atoms with E-state index in [2.05, 4.69) is 22.2 Å². The van der Waals surface area contributed by atoms with Crippen molar-refractivity contribution in [3.63, 3.8) is 0 Å². The lowest BCUT2D eigenvalue weighted by atomic mass is 10.2. The number of halogens is 1. The van der Waals surface area contributed by atoms with Gasteiger partial charge in [-0.05, 0) is 30.7 Å². The first-order valence-corrected chi connectivity index (χ1v) is 8.55. The van der Waals surface area contributed by atoms with Gasteiger partial charge in [0.25, 0.3) is 0 Å². The average molecular weight is 366 g/mol. The Hall–Kier alpha value is -3.05. The summed E-state index contributed by atoms with van der Waals surface area (Å²) >= 11 is 6.13. The van der Waals surface area contributed by atoms with E-state index < -0.39 is 0 Å². The minimum atomic E-state index is 0.670. The highest BCUT2D eigenvalue weighted by atomic mass is 35.5. The van der Waals surface area contributed by atoms with Crippen LogP contribution in [0.1, 0.15) is 12.6 Å². The van der Waals surface area contributed by atoms with Gasteiger partial charge in [0.2, 0.25) is 0 Å². The molecule has 0 amide bonds. The number of nitrogens with one attached hydrogen (secondary N) is 2. The van der Waals surface area contributed by atoms with Crippen LogP contribution >= 0.6 is 11.6 Å². The highest BCUT2D eigenvalue weighted by Gasteiger charge is 2.16. The molecule has 1 aromatic carbocycles. The summed E-state index contributed by atoms with van der Waals surface area (Å²) in [5.41, 5.74) is 3.48. The van der Waals surface area contributed by atoms with E-state index in [-0.39, 0.29) is 0 Å². The first-order chi connectivity index (χ1) is 12.6. The lowest BCUT2D eigenvalue weighted by Gasteiger charge is -2.09. The fourth-order valence-corrected chi connectivity index (χ4v) is 2.80. The zero-order chi connectivity index (χ0) is 18.5. The second-order valence-electron chi connectivity index (χ2n) is 5.63. The quantitative estimate of drug-likeness (QED) is 0.581. The Balaban J connectivity index is 2.17. The molecule has 132 valence electrons. The summed E-state index contributed by atoms with van der Waals surface area (Å²) in [6.07, 6.45) is 11.2. The molecular formula is C20H20ClN5. The maximum Gasteiger partial charge on any atom is 0.182 e. The Morgan fingerprint density at radius 3 is 2.88 bits per heavy atom. The maximum atomic E-state index is 6.13. The van der Waals surface area contributed by atoms with E-state index in [0.29, 0.717) is 10.8 Å². The molecular weight excluding hydrogens is 346 g/mol. The zero-order valence-electron chi connectivity index (χ0n) is 14.7. The van der Waals surface area contributed by atoms with Crippen molar-refractivity contribution in [1.29, 1.82) is 0 Å². The number of hydrogen-bond donors (Lipinski definition) is 2. The molecule has 26 heavy (non-hydrogen) atoms. The number of anilines is 3. The number of allylic oxidation sites excluding steroid dienone is 5. The van der Waals surface area contributed by atoms with Crippen molar-refractivity contribution < 1.29 is 0 Å². The molecule has 2 N–H and O–H groups in total. The number of rotatable bonds is 6. The molecule has 0 atom stereocenters. The van der Waals surface area contributed by atoms with Crippen molar-refractivity contribution in [2.75, 3.05) is 17.7 Å². The summed E-state index contributed by atoms with van der Waals surface area (Å²) < 4.78 is 1.98. The maximum absolute atomic E-state index is 6.13. The van der Waals surface area contributed by atoms with Gasteiger partial charge in [-0.3, -0.25) is 4.40 Å². The molecule has 0 unspecified atom stereocenters. The van der Waals surface area contributed by atoms with E-state index in [0.717, 1.165) is 28.4 Å². The molecule has 0 saturated heterocycles. The van der Waals surface area contributed by atoms with Gasteiger partial charge in [-0.15, -0.1) is 0 Å². The molecule has 5 nitrogen and oxygen atoms in total. The van der Waals surface area contributed by atoms with Crippen LogP contribution in [0.15, 0.2) is 67.5 Å². The second kappa shape index (κ2) is 7.89. The summed E-state index contributed by atoms with van der Waals surface area (Å²) in [7, 11) is 1.83. The molecule has 6 heteroatoms. The Morgan fingerprint density at radius 2 is 2.15 bits per heavy atom. The highest BCUT2D eigenvalue weighted by Crippen LogP contribution is 2.30. The van der Waals surface area contributed by atoms with Gasteiger partial charge in [0.05, 0.1) is 0 Å². The molecule has 0 saturated carbocycles. The number of nitrogens with zero attached hydrogens (tertiary/aromatic N) is 3. The molecule has 2 aromatic heterocycles. The van der Waals surface area contributed by atoms with Crippen LogP contribution in [0.5, 0.6) is 0 Å². The fraction of sp³-hybridized carbons (Fsp3) is 0.100. The minimum Gasteiger partial charge on any atom is -0.370 e. The van der Waals surface area contributed by atoms with Crippen LogP contribution in [-0.4, -0.2) is 21.4 Å². The van der Waals surface area contributed by atoms with Crippen molar-refractivity contribution in [2.24, 2.45) is 0 Å². The number of hydrogen-bond acceptors (Lipinski definition) is 4. The number of benzene rings is 1. The van der Waals surface area contributed by atoms with Crippen molar-refractivity contribution in [3.05, 3.63) is 78.3 Å². The molecule has 0 fully saturated rings. The van der Waals surface area contributed by atoms with Crippen LogP contribution < -0.4 is 10.6 Å². The standard InChI is InChI=1S/C20H20ClN5/c1-4-5-6-8-14(2)17-19(24-16-10-7-9-15(21)13-16)26-12-11-23-18(22-3)20(26)25-17/h4-13,24H,1H2,2-3H3,(H,22,23)/b6-5-,14-8+. The van der Waals surface area contributed by atoms with Crippen molar-refractivity contribution >= 4 is 40.1 Å². The molecule has 0 radical (unpaired) electrons. The van der Waals surface area contributed by atoms with E-state index in [1.807, 2.05) is 67.1 Å². The third-order valence-electron chi connectivity index (χ3n) is 3.83. The molecule has 2 heterocycles. The summed E-state index contributed by atoms with van der Waals surface area (Å²) in [5.74, 6) is 1.56. The monoisotopic (exact) mass is 365 g/mol. The summed E-state index contributed by atoms with van der Waals surface area (Å²) in [6, 6.07) is 7.59. The first kappa shape index (κ1) is 17.8.